The Balaban J connectivity index is 2.32. The molecule has 0 aromatic carbocycles. The molecule has 106 valence electrons. The van der Waals surface area contributed by atoms with Gasteiger partial charge in [-0.05, 0) is 26.7 Å². The number of aryl methyl sites for hydroxylation is 1. The van der Waals surface area contributed by atoms with E-state index in [2.05, 4.69) is 14.9 Å². The molecule has 1 aromatic rings. The molecule has 0 bridgehead atoms. The Kier molecular flexibility index (Phi) is 4.58. The summed E-state index contributed by atoms with van der Waals surface area (Å²) in [6.07, 6.45) is 6.16. The third-order valence-corrected chi connectivity index (χ3v) is 3.90. The molecule has 0 saturated heterocycles. The second-order valence-electron chi connectivity index (χ2n) is 5.31. The first kappa shape index (κ1) is 14.1. The normalized spacial score (nSPS) is 16.6. The molecule has 1 aromatic heterocycles. The van der Waals surface area contributed by atoms with Crippen molar-refractivity contribution in [3.63, 3.8) is 0 Å². The van der Waals surface area contributed by atoms with Gasteiger partial charge in [0.2, 0.25) is 0 Å². The van der Waals surface area contributed by atoms with Crippen LogP contribution in [0.15, 0.2) is 0 Å². The van der Waals surface area contributed by atoms with Crippen molar-refractivity contribution in [3.05, 3.63) is 11.4 Å². The first-order valence-corrected chi connectivity index (χ1v) is 7.11. The highest BCUT2D eigenvalue weighted by Crippen LogP contribution is 2.29. The highest BCUT2D eigenvalue weighted by Gasteiger charge is 2.24. The molecule has 1 aliphatic rings. The summed E-state index contributed by atoms with van der Waals surface area (Å²) in [5, 5.41) is 9.34. The van der Waals surface area contributed by atoms with E-state index >= 15 is 0 Å². The van der Waals surface area contributed by atoms with E-state index in [1.807, 2.05) is 13.8 Å². The van der Waals surface area contributed by atoms with Crippen molar-refractivity contribution in [1.29, 1.82) is 0 Å². The van der Waals surface area contributed by atoms with E-state index in [9.17, 15) is 5.11 Å². The van der Waals surface area contributed by atoms with Crippen molar-refractivity contribution in [1.82, 2.24) is 9.97 Å². The molecule has 1 fully saturated rings. The lowest BCUT2D eigenvalue weighted by Crippen LogP contribution is -2.40. The largest absolute Gasteiger partial charge is 0.395 e. The maximum atomic E-state index is 9.34. The summed E-state index contributed by atoms with van der Waals surface area (Å²) < 4.78 is 0. The minimum atomic E-state index is 0.138. The number of nitrogens with two attached hydrogens (primary N) is 1. The smallest absolute Gasteiger partial charge is 0.137 e. The number of aliphatic hydroxyl groups is 1. The van der Waals surface area contributed by atoms with Gasteiger partial charge in [-0.15, -0.1) is 0 Å². The first-order valence-electron chi connectivity index (χ1n) is 7.11. The zero-order valence-electron chi connectivity index (χ0n) is 11.9. The number of hydrogen-bond donors (Lipinski definition) is 2. The van der Waals surface area contributed by atoms with Crippen LogP contribution < -0.4 is 10.6 Å². The van der Waals surface area contributed by atoms with Gasteiger partial charge in [-0.2, -0.15) is 0 Å². The Labute approximate surface area is 114 Å². The Hall–Kier alpha value is -1.36. The summed E-state index contributed by atoms with van der Waals surface area (Å²) in [4.78, 5) is 11.0. The molecule has 5 heteroatoms. The summed E-state index contributed by atoms with van der Waals surface area (Å²) in [7, 11) is 0. The van der Waals surface area contributed by atoms with Gasteiger partial charge in [0.15, 0.2) is 0 Å². The van der Waals surface area contributed by atoms with Gasteiger partial charge >= 0.3 is 0 Å². The monoisotopic (exact) mass is 264 g/mol. The van der Waals surface area contributed by atoms with E-state index in [4.69, 9.17) is 5.73 Å². The van der Waals surface area contributed by atoms with Crippen molar-refractivity contribution in [2.24, 2.45) is 0 Å². The fourth-order valence-electron chi connectivity index (χ4n) is 2.88. The van der Waals surface area contributed by atoms with Gasteiger partial charge in [0, 0.05) is 18.2 Å². The Bertz CT molecular complexity index is 430. The standard InChI is InChI=1S/C14H24N4O/c1-10-13(15)16-11(2)17-14(10)18(8-9-19)12-6-4-3-5-7-12/h12,19H,3-9H2,1-2H3,(H2,15,16,17). The average Bonchev–Trinajstić information content (AvgIpc) is 2.41. The van der Waals surface area contributed by atoms with Crippen molar-refractivity contribution in [2.75, 3.05) is 23.8 Å². The van der Waals surface area contributed by atoms with Crippen LogP contribution in [0.1, 0.15) is 43.5 Å². The van der Waals surface area contributed by atoms with Gasteiger partial charge < -0.3 is 15.7 Å². The molecule has 0 radical (unpaired) electrons. The molecule has 0 aliphatic heterocycles. The molecule has 1 saturated carbocycles. The quantitative estimate of drug-likeness (QED) is 0.867. The van der Waals surface area contributed by atoms with Crippen molar-refractivity contribution in [3.8, 4) is 0 Å². The molecule has 1 aliphatic carbocycles. The lowest BCUT2D eigenvalue weighted by atomic mass is 9.94. The minimum absolute atomic E-state index is 0.138. The molecule has 3 N–H and O–H groups in total. The van der Waals surface area contributed by atoms with Crippen LogP contribution in [0.5, 0.6) is 0 Å². The molecule has 5 nitrogen and oxygen atoms in total. The fraction of sp³-hybridized carbons (Fsp3) is 0.714. The Morgan fingerprint density at radius 3 is 2.53 bits per heavy atom. The molecule has 19 heavy (non-hydrogen) atoms. The van der Waals surface area contributed by atoms with E-state index in [1.54, 1.807) is 0 Å². The van der Waals surface area contributed by atoms with Gasteiger partial charge in [0.1, 0.15) is 17.5 Å². The second-order valence-corrected chi connectivity index (χ2v) is 5.31. The van der Waals surface area contributed by atoms with Gasteiger partial charge in [-0.3, -0.25) is 0 Å². The molecule has 0 unspecified atom stereocenters. The van der Waals surface area contributed by atoms with Crippen LogP contribution in [-0.2, 0) is 0 Å². The maximum absolute atomic E-state index is 9.34. The number of nitrogens with zero attached hydrogens (tertiary/aromatic N) is 3. The number of aliphatic hydroxyl groups excluding tert-OH is 1. The zero-order chi connectivity index (χ0) is 13.8. The minimum Gasteiger partial charge on any atom is -0.395 e. The summed E-state index contributed by atoms with van der Waals surface area (Å²) in [5.41, 5.74) is 6.87. The lowest BCUT2D eigenvalue weighted by molar-refractivity contribution is 0.289. The first-order chi connectivity index (χ1) is 9.13. The van der Waals surface area contributed by atoms with Crippen LogP contribution in [0, 0.1) is 13.8 Å². The lowest BCUT2D eigenvalue weighted by Gasteiger charge is -2.36. The summed E-state index contributed by atoms with van der Waals surface area (Å²) in [5.74, 6) is 2.13. The molecular weight excluding hydrogens is 240 g/mol. The van der Waals surface area contributed by atoms with Gasteiger partial charge in [0.25, 0.3) is 0 Å². The van der Waals surface area contributed by atoms with Crippen LogP contribution in [-0.4, -0.2) is 34.3 Å². The number of rotatable bonds is 4. The van der Waals surface area contributed by atoms with Crippen molar-refractivity contribution < 1.29 is 5.11 Å². The Morgan fingerprint density at radius 1 is 1.21 bits per heavy atom. The molecule has 0 spiro atoms. The van der Waals surface area contributed by atoms with Crippen LogP contribution in [0.2, 0.25) is 0 Å². The predicted octanol–water partition coefficient (Wildman–Crippen LogP) is 1.81. The van der Waals surface area contributed by atoms with Crippen LogP contribution in [0.25, 0.3) is 0 Å². The van der Waals surface area contributed by atoms with E-state index in [-0.39, 0.29) is 6.61 Å². The van der Waals surface area contributed by atoms with Crippen molar-refractivity contribution >= 4 is 11.6 Å². The van der Waals surface area contributed by atoms with E-state index < -0.39 is 0 Å². The topological polar surface area (TPSA) is 75.3 Å². The summed E-state index contributed by atoms with van der Waals surface area (Å²) in [6.45, 7) is 4.56. The number of aromatic nitrogens is 2. The summed E-state index contributed by atoms with van der Waals surface area (Å²) >= 11 is 0. The number of hydrogen-bond acceptors (Lipinski definition) is 5. The van der Waals surface area contributed by atoms with Crippen LogP contribution in [0.3, 0.4) is 0 Å². The highest BCUT2D eigenvalue weighted by molar-refractivity contribution is 5.57. The third kappa shape index (κ3) is 3.15. The van der Waals surface area contributed by atoms with Gasteiger partial charge in [-0.1, -0.05) is 19.3 Å². The molecule has 1 heterocycles. The Morgan fingerprint density at radius 2 is 1.89 bits per heavy atom. The average molecular weight is 264 g/mol. The van der Waals surface area contributed by atoms with Gasteiger partial charge in [0.05, 0.1) is 6.61 Å². The van der Waals surface area contributed by atoms with Gasteiger partial charge in [-0.25, -0.2) is 9.97 Å². The highest BCUT2D eigenvalue weighted by atomic mass is 16.3. The molecule has 0 atom stereocenters. The SMILES string of the molecule is Cc1nc(N)c(C)c(N(CCO)C2CCCCC2)n1. The van der Waals surface area contributed by atoms with E-state index in [0.717, 1.165) is 11.4 Å². The number of anilines is 2. The third-order valence-electron chi connectivity index (χ3n) is 3.90. The molecule has 2 rings (SSSR count). The zero-order valence-corrected chi connectivity index (χ0v) is 11.9. The predicted molar refractivity (Wildman–Crippen MR) is 77.2 cm³/mol. The van der Waals surface area contributed by atoms with Crippen LogP contribution in [0.4, 0.5) is 11.6 Å². The molecular formula is C14H24N4O. The van der Waals surface area contributed by atoms with E-state index in [0.29, 0.717) is 24.2 Å². The van der Waals surface area contributed by atoms with Crippen LogP contribution >= 0.6 is 0 Å². The molecule has 0 amide bonds. The summed E-state index contributed by atoms with van der Waals surface area (Å²) in [6, 6.07) is 0.466. The number of nitrogen functional groups attached to an aromatic ring is 1. The maximum Gasteiger partial charge on any atom is 0.137 e. The fourth-order valence-corrected chi connectivity index (χ4v) is 2.88. The second kappa shape index (κ2) is 6.19. The van der Waals surface area contributed by atoms with Crippen molar-refractivity contribution in [2.45, 2.75) is 52.0 Å². The van der Waals surface area contributed by atoms with E-state index in [1.165, 1.54) is 32.1 Å².